The second kappa shape index (κ2) is 8.52. The highest BCUT2D eigenvalue weighted by molar-refractivity contribution is 7.09. The summed E-state index contributed by atoms with van der Waals surface area (Å²) in [7, 11) is 2.12. The summed E-state index contributed by atoms with van der Waals surface area (Å²) < 4.78 is 2.22. The number of likely N-dealkylation sites (tertiary alicyclic amines) is 1. The van der Waals surface area contributed by atoms with Gasteiger partial charge in [0.2, 0.25) is 5.91 Å². The highest BCUT2D eigenvalue weighted by Crippen LogP contribution is 2.34. The number of piperidine rings is 1. The van der Waals surface area contributed by atoms with Gasteiger partial charge in [0.15, 0.2) is 0 Å². The van der Waals surface area contributed by atoms with E-state index in [9.17, 15) is 4.79 Å². The van der Waals surface area contributed by atoms with Crippen molar-refractivity contribution >= 4 is 28.1 Å². The summed E-state index contributed by atoms with van der Waals surface area (Å²) in [6.07, 6.45) is 6.24. The molecule has 1 amide bonds. The first-order chi connectivity index (χ1) is 14.3. The molecule has 160 valence electrons. The molecule has 1 aliphatic heterocycles. The van der Waals surface area contributed by atoms with Crippen molar-refractivity contribution in [1.29, 1.82) is 0 Å². The Hall–Kier alpha value is -2.18. The average molecular weight is 425 g/mol. The molecule has 0 saturated carbocycles. The SMILES string of the molecule is Cn1cc(CN2CCC([C@@H](NC(=O)C(C)(C)C)c3nccs3)CC2)c2ccccc21. The smallest absolute Gasteiger partial charge is 0.225 e. The summed E-state index contributed by atoms with van der Waals surface area (Å²) in [6, 6.07) is 8.63. The quantitative estimate of drug-likeness (QED) is 0.643. The number of aryl methyl sites for hydroxylation is 1. The van der Waals surface area contributed by atoms with E-state index < -0.39 is 5.41 Å². The van der Waals surface area contributed by atoms with Crippen molar-refractivity contribution in [3.63, 3.8) is 0 Å². The van der Waals surface area contributed by atoms with Crippen LogP contribution in [0.2, 0.25) is 0 Å². The molecular weight excluding hydrogens is 392 g/mol. The van der Waals surface area contributed by atoms with Gasteiger partial charge in [-0.25, -0.2) is 4.98 Å². The lowest BCUT2D eigenvalue weighted by Crippen LogP contribution is -2.43. The Labute approximate surface area is 183 Å². The molecular formula is C24H32N4OS. The van der Waals surface area contributed by atoms with E-state index in [1.54, 1.807) is 11.3 Å². The molecule has 0 unspecified atom stereocenters. The van der Waals surface area contributed by atoms with E-state index >= 15 is 0 Å². The molecule has 3 aromatic rings. The second-order valence-electron chi connectivity index (χ2n) is 9.47. The van der Waals surface area contributed by atoms with Gasteiger partial charge in [0.25, 0.3) is 0 Å². The number of rotatable bonds is 5. The molecule has 1 fully saturated rings. The second-order valence-corrected chi connectivity index (χ2v) is 10.4. The summed E-state index contributed by atoms with van der Waals surface area (Å²) >= 11 is 1.64. The van der Waals surface area contributed by atoms with E-state index in [0.29, 0.717) is 5.92 Å². The molecule has 1 N–H and O–H groups in total. The number of carbonyl (C=O) groups is 1. The fraction of sp³-hybridized carbons (Fsp3) is 0.500. The van der Waals surface area contributed by atoms with E-state index in [-0.39, 0.29) is 11.9 Å². The van der Waals surface area contributed by atoms with Gasteiger partial charge in [-0.15, -0.1) is 11.3 Å². The van der Waals surface area contributed by atoms with Crippen LogP contribution >= 0.6 is 11.3 Å². The Morgan fingerprint density at radius 2 is 2.00 bits per heavy atom. The topological polar surface area (TPSA) is 50.2 Å². The molecule has 30 heavy (non-hydrogen) atoms. The van der Waals surface area contributed by atoms with Crippen molar-refractivity contribution in [3.05, 3.63) is 52.6 Å². The molecule has 0 radical (unpaired) electrons. The molecule has 1 saturated heterocycles. The standard InChI is InChI=1S/C24H32N4OS/c1-24(2,3)23(29)26-21(22-25-11-14-30-22)17-9-12-28(13-10-17)16-18-15-27(4)20-8-6-5-7-19(18)20/h5-8,11,14-15,17,21H,9-10,12-13,16H2,1-4H3,(H,26,29)/t21-/m1/s1. The average Bonchev–Trinajstić information content (AvgIpc) is 3.35. The molecule has 0 spiro atoms. The van der Waals surface area contributed by atoms with E-state index in [2.05, 4.69) is 57.3 Å². The zero-order valence-corrected chi connectivity index (χ0v) is 19.2. The lowest BCUT2D eigenvalue weighted by Gasteiger charge is -2.36. The highest BCUT2D eigenvalue weighted by atomic mass is 32.1. The Morgan fingerprint density at radius 3 is 2.67 bits per heavy atom. The number of amides is 1. The summed E-state index contributed by atoms with van der Waals surface area (Å²) in [5, 5.41) is 7.68. The van der Waals surface area contributed by atoms with Gasteiger partial charge in [-0.3, -0.25) is 9.69 Å². The Kier molecular flexibility index (Phi) is 5.98. The number of hydrogen-bond donors (Lipinski definition) is 1. The predicted molar refractivity (Wildman–Crippen MR) is 123 cm³/mol. The van der Waals surface area contributed by atoms with Crippen LogP contribution in [0.4, 0.5) is 0 Å². The Balaban J connectivity index is 1.43. The van der Waals surface area contributed by atoms with E-state index in [4.69, 9.17) is 0 Å². The molecule has 2 aromatic heterocycles. The molecule has 4 rings (SSSR count). The van der Waals surface area contributed by atoms with Crippen LogP contribution in [0.5, 0.6) is 0 Å². The van der Waals surface area contributed by atoms with Gasteiger partial charge in [0.05, 0.1) is 6.04 Å². The van der Waals surface area contributed by atoms with E-state index in [1.807, 2.05) is 32.3 Å². The third kappa shape index (κ3) is 4.44. The van der Waals surface area contributed by atoms with Crippen LogP contribution in [0.25, 0.3) is 10.9 Å². The number of para-hydroxylation sites is 1. The van der Waals surface area contributed by atoms with Crippen LogP contribution in [0.3, 0.4) is 0 Å². The first-order valence-corrected chi connectivity index (χ1v) is 11.7. The van der Waals surface area contributed by atoms with Crippen LogP contribution in [-0.2, 0) is 18.4 Å². The van der Waals surface area contributed by atoms with Gasteiger partial charge in [-0.1, -0.05) is 39.0 Å². The number of carbonyl (C=O) groups excluding carboxylic acids is 1. The number of hydrogen-bond acceptors (Lipinski definition) is 4. The molecule has 3 heterocycles. The minimum Gasteiger partial charge on any atom is -0.350 e. The first-order valence-electron chi connectivity index (χ1n) is 10.8. The maximum absolute atomic E-state index is 12.7. The molecule has 1 aromatic carbocycles. The summed E-state index contributed by atoms with van der Waals surface area (Å²) in [6.45, 7) is 8.96. The summed E-state index contributed by atoms with van der Waals surface area (Å²) in [5.74, 6) is 0.520. The third-order valence-electron chi connectivity index (χ3n) is 6.16. The van der Waals surface area contributed by atoms with Gasteiger partial charge in [-0.05, 0) is 43.5 Å². The number of nitrogens with one attached hydrogen (secondary N) is 1. The largest absolute Gasteiger partial charge is 0.350 e. The summed E-state index contributed by atoms with van der Waals surface area (Å²) in [5.41, 5.74) is 2.28. The maximum Gasteiger partial charge on any atom is 0.225 e. The zero-order chi connectivity index (χ0) is 21.3. The van der Waals surface area contributed by atoms with Crippen LogP contribution in [0, 0.1) is 11.3 Å². The fourth-order valence-electron chi connectivity index (χ4n) is 4.36. The lowest BCUT2D eigenvalue weighted by molar-refractivity contribution is -0.129. The van der Waals surface area contributed by atoms with Crippen molar-refractivity contribution in [1.82, 2.24) is 19.8 Å². The normalized spacial score (nSPS) is 17.3. The minimum atomic E-state index is -0.398. The number of fused-ring (bicyclic) bond motifs is 1. The maximum atomic E-state index is 12.7. The molecule has 1 atom stereocenters. The fourth-order valence-corrected chi connectivity index (χ4v) is 5.14. The molecule has 5 nitrogen and oxygen atoms in total. The van der Waals surface area contributed by atoms with Crippen molar-refractivity contribution in [2.45, 2.75) is 46.2 Å². The number of nitrogens with zero attached hydrogens (tertiary/aromatic N) is 3. The number of aromatic nitrogens is 2. The highest BCUT2D eigenvalue weighted by Gasteiger charge is 2.33. The van der Waals surface area contributed by atoms with Gasteiger partial charge in [0, 0.05) is 47.7 Å². The first kappa shape index (κ1) is 21.1. The van der Waals surface area contributed by atoms with Gasteiger partial charge in [0.1, 0.15) is 5.01 Å². The van der Waals surface area contributed by atoms with Gasteiger partial charge in [-0.2, -0.15) is 0 Å². The Morgan fingerprint density at radius 1 is 1.27 bits per heavy atom. The number of benzene rings is 1. The molecule has 0 aliphatic carbocycles. The molecule has 1 aliphatic rings. The van der Waals surface area contributed by atoms with Crippen molar-refractivity contribution in [2.75, 3.05) is 13.1 Å². The van der Waals surface area contributed by atoms with E-state index in [1.165, 1.54) is 16.5 Å². The van der Waals surface area contributed by atoms with Gasteiger partial charge < -0.3 is 9.88 Å². The van der Waals surface area contributed by atoms with Crippen LogP contribution < -0.4 is 5.32 Å². The zero-order valence-electron chi connectivity index (χ0n) is 18.4. The van der Waals surface area contributed by atoms with Crippen LogP contribution in [-0.4, -0.2) is 33.4 Å². The summed E-state index contributed by atoms with van der Waals surface area (Å²) in [4.78, 5) is 19.8. The molecule has 6 heteroatoms. The third-order valence-corrected chi connectivity index (χ3v) is 7.02. The lowest BCUT2D eigenvalue weighted by atomic mass is 9.87. The van der Waals surface area contributed by atoms with Crippen molar-refractivity contribution in [2.24, 2.45) is 18.4 Å². The van der Waals surface area contributed by atoms with Gasteiger partial charge >= 0.3 is 0 Å². The monoisotopic (exact) mass is 424 g/mol. The van der Waals surface area contributed by atoms with Crippen LogP contribution in [0.15, 0.2) is 42.0 Å². The van der Waals surface area contributed by atoms with E-state index in [0.717, 1.165) is 37.5 Å². The molecule has 0 bridgehead atoms. The van der Waals surface area contributed by atoms with Crippen molar-refractivity contribution in [3.8, 4) is 0 Å². The predicted octanol–water partition coefficient (Wildman–Crippen LogP) is 4.75. The van der Waals surface area contributed by atoms with Crippen molar-refractivity contribution < 1.29 is 4.79 Å². The minimum absolute atomic E-state index is 0.0106. The number of thiazole rings is 1. The Bertz CT molecular complexity index is 994. The van der Waals surface area contributed by atoms with Crippen LogP contribution in [0.1, 0.15) is 50.2 Å².